The third kappa shape index (κ3) is 3.92. The first kappa shape index (κ1) is 22.1. The lowest BCUT2D eigenvalue weighted by atomic mass is 9.97. The van der Waals surface area contributed by atoms with Crippen LogP contribution in [-0.4, -0.2) is 44.4 Å². The van der Waals surface area contributed by atoms with Gasteiger partial charge >= 0.3 is 11.7 Å². The summed E-state index contributed by atoms with van der Waals surface area (Å²) in [6.45, 7) is 3.77. The van der Waals surface area contributed by atoms with Gasteiger partial charge in [-0.15, -0.1) is 0 Å². The number of fused-ring (bicyclic) bond motifs is 1. The maximum Gasteiger partial charge on any atom is 0.332 e. The number of imidazole rings is 1. The number of rotatable bonds is 5. The molecule has 4 rings (SSSR count). The number of carbonyl (C=O) groups excluding carboxylic acids is 1. The third-order valence-electron chi connectivity index (χ3n) is 5.98. The lowest BCUT2D eigenvalue weighted by Crippen LogP contribution is -2.39. The van der Waals surface area contributed by atoms with Gasteiger partial charge in [0, 0.05) is 32.2 Å². The van der Waals surface area contributed by atoms with Crippen molar-refractivity contribution in [1.82, 2.24) is 18.7 Å². The van der Waals surface area contributed by atoms with Crippen molar-refractivity contribution in [2.75, 3.05) is 24.6 Å². The van der Waals surface area contributed by atoms with E-state index in [1.807, 2.05) is 16.7 Å². The average Bonchev–Trinajstić information content (AvgIpc) is 3.17. The summed E-state index contributed by atoms with van der Waals surface area (Å²) in [7, 11) is 3.08. The second kappa shape index (κ2) is 8.82. The molecule has 10 heteroatoms. The molecule has 1 saturated heterocycles. The molecule has 1 fully saturated rings. The number of ether oxygens (including phenoxy) is 1. The minimum atomic E-state index is -0.425. The van der Waals surface area contributed by atoms with Crippen LogP contribution in [0.3, 0.4) is 0 Å². The topological polar surface area (TPSA) is 91.4 Å². The first-order valence-corrected chi connectivity index (χ1v) is 11.0. The van der Waals surface area contributed by atoms with Crippen molar-refractivity contribution < 1.29 is 9.53 Å². The van der Waals surface area contributed by atoms with Crippen LogP contribution in [0.25, 0.3) is 11.2 Å². The molecule has 0 atom stereocenters. The van der Waals surface area contributed by atoms with E-state index in [-0.39, 0.29) is 11.9 Å². The zero-order chi connectivity index (χ0) is 23.0. The molecule has 3 aromatic rings. The fourth-order valence-electron chi connectivity index (χ4n) is 4.17. The Bertz CT molecular complexity index is 1270. The normalized spacial score (nSPS) is 14.8. The molecule has 0 spiro atoms. The highest BCUT2D eigenvalue weighted by atomic mass is 35.5. The van der Waals surface area contributed by atoms with Crippen molar-refractivity contribution in [3.05, 3.63) is 55.7 Å². The van der Waals surface area contributed by atoms with Crippen molar-refractivity contribution in [3.8, 4) is 0 Å². The van der Waals surface area contributed by atoms with Gasteiger partial charge in [-0.1, -0.05) is 23.7 Å². The molecule has 1 aliphatic heterocycles. The SMILES string of the molecule is CCOC(=O)C1CCN(c2nc3c(c(=O)n(C)c(=O)n3C)n2Cc2ccc(Cl)cc2)CC1. The summed E-state index contributed by atoms with van der Waals surface area (Å²) in [5.41, 5.74) is 0.845. The fourth-order valence-corrected chi connectivity index (χ4v) is 4.30. The summed E-state index contributed by atoms with van der Waals surface area (Å²) in [6, 6.07) is 7.40. The molecule has 0 saturated carbocycles. The Morgan fingerprint density at radius 3 is 2.41 bits per heavy atom. The van der Waals surface area contributed by atoms with Gasteiger partial charge in [-0.3, -0.25) is 23.3 Å². The molecule has 0 N–H and O–H groups in total. The van der Waals surface area contributed by atoms with E-state index in [0.717, 1.165) is 10.1 Å². The summed E-state index contributed by atoms with van der Waals surface area (Å²) in [6.07, 6.45) is 1.28. The number of anilines is 1. The largest absolute Gasteiger partial charge is 0.466 e. The molecule has 1 aromatic carbocycles. The highest BCUT2D eigenvalue weighted by Crippen LogP contribution is 2.27. The van der Waals surface area contributed by atoms with Crippen LogP contribution < -0.4 is 16.1 Å². The number of hydrogen-bond acceptors (Lipinski definition) is 6. The van der Waals surface area contributed by atoms with E-state index in [9.17, 15) is 14.4 Å². The van der Waals surface area contributed by atoms with Gasteiger partial charge in [0.2, 0.25) is 5.95 Å². The molecule has 0 unspecified atom stereocenters. The molecule has 1 aliphatic rings. The lowest BCUT2D eigenvalue weighted by molar-refractivity contribution is -0.148. The number of nitrogens with zero attached hydrogens (tertiary/aromatic N) is 5. The molecular weight excluding hydrogens is 434 g/mol. The molecular formula is C22H26ClN5O4. The molecule has 3 heterocycles. The Labute approximate surface area is 189 Å². The predicted molar refractivity (Wildman–Crippen MR) is 122 cm³/mol. The van der Waals surface area contributed by atoms with E-state index in [0.29, 0.717) is 61.2 Å². The summed E-state index contributed by atoms with van der Waals surface area (Å²) >= 11 is 6.03. The van der Waals surface area contributed by atoms with Crippen molar-refractivity contribution >= 4 is 34.7 Å². The van der Waals surface area contributed by atoms with Gasteiger partial charge in [-0.25, -0.2) is 4.79 Å². The van der Waals surface area contributed by atoms with Crippen LogP contribution in [-0.2, 0) is 30.2 Å². The Balaban J connectivity index is 1.78. The summed E-state index contributed by atoms with van der Waals surface area (Å²) in [4.78, 5) is 44.4. The van der Waals surface area contributed by atoms with Crippen LogP contribution in [0.5, 0.6) is 0 Å². The number of benzene rings is 1. The van der Waals surface area contributed by atoms with Gasteiger partial charge in [0.05, 0.1) is 19.1 Å². The van der Waals surface area contributed by atoms with E-state index in [2.05, 4.69) is 4.90 Å². The third-order valence-corrected chi connectivity index (χ3v) is 6.23. The fraction of sp³-hybridized carbons (Fsp3) is 0.455. The molecule has 32 heavy (non-hydrogen) atoms. The second-order valence-electron chi connectivity index (χ2n) is 8.02. The zero-order valence-corrected chi connectivity index (χ0v) is 19.1. The summed E-state index contributed by atoms with van der Waals surface area (Å²) in [5, 5.41) is 0.629. The highest BCUT2D eigenvalue weighted by Gasteiger charge is 2.30. The quantitative estimate of drug-likeness (QED) is 0.541. The van der Waals surface area contributed by atoms with Gasteiger partial charge in [0.15, 0.2) is 11.2 Å². The Hall–Kier alpha value is -3.07. The molecule has 0 bridgehead atoms. The van der Waals surface area contributed by atoms with Crippen LogP contribution in [0.15, 0.2) is 33.9 Å². The second-order valence-corrected chi connectivity index (χ2v) is 8.45. The summed E-state index contributed by atoms with van der Waals surface area (Å²) in [5.74, 6) is 0.297. The van der Waals surface area contributed by atoms with Gasteiger partial charge in [-0.05, 0) is 37.5 Å². The van der Waals surface area contributed by atoms with E-state index >= 15 is 0 Å². The van der Waals surface area contributed by atoms with Gasteiger partial charge in [0.25, 0.3) is 5.56 Å². The molecule has 0 amide bonds. The monoisotopic (exact) mass is 459 g/mol. The van der Waals surface area contributed by atoms with E-state index in [1.54, 1.807) is 26.1 Å². The number of esters is 1. The maximum absolute atomic E-state index is 13.1. The Kier molecular flexibility index (Phi) is 6.10. The average molecular weight is 460 g/mol. The van der Waals surface area contributed by atoms with Crippen molar-refractivity contribution in [3.63, 3.8) is 0 Å². The lowest BCUT2D eigenvalue weighted by Gasteiger charge is -2.32. The molecule has 2 aromatic heterocycles. The minimum Gasteiger partial charge on any atom is -0.466 e. The van der Waals surface area contributed by atoms with E-state index < -0.39 is 11.2 Å². The number of halogens is 1. The maximum atomic E-state index is 13.1. The standard InChI is InChI=1S/C22H26ClN5O4/c1-4-32-20(30)15-9-11-27(12-10-15)21-24-18-17(19(29)26(3)22(31)25(18)2)28(21)13-14-5-7-16(23)8-6-14/h5-8,15H,4,9-13H2,1-3H3. The van der Waals surface area contributed by atoms with Crippen LogP contribution >= 0.6 is 11.6 Å². The molecule has 170 valence electrons. The molecule has 0 aliphatic carbocycles. The zero-order valence-electron chi connectivity index (χ0n) is 18.4. The van der Waals surface area contributed by atoms with Crippen LogP contribution in [0.1, 0.15) is 25.3 Å². The van der Waals surface area contributed by atoms with Crippen LogP contribution in [0, 0.1) is 5.92 Å². The number of aryl methyl sites for hydroxylation is 1. The number of hydrogen-bond donors (Lipinski definition) is 0. The van der Waals surface area contributed by atoms with Gasteiger partial charge in [0.1, 0.15) is 0 Å². The minimum absolute atomic E-state index is 0.141. The van der Waals surface area contributed by atoms with E-state index in [1.165, 1.54) is 11.6 Å². The van der Waals surface area contributed by atoms with Crippen molar-refractivity contribution in [1.29, 1.82) is 0 Å². The number of piperidine rings is 1. The Morgan fingerprint density at radius 2 is 1.78 bits per heavy atom. The first-order chi connectivity index (χ1) is 15.3. The number of aromatic nitrogens is 4. The van der Waals surface area contributed by atoms with E-state index in [4.69, 9.17) is 21.3 Å². The predicted octanol–water partition coefficient (Wildman–Crippen LogP) is 1.91. The number of carbonyl (C=O) groups is 1. The summed E-state index contributed by atoms with van der Waals surface area (Å²) < 4.78 is 9.51. The van der Waals surface area contributed by atoms with Crippen LogP contribution in [0.4, 0.5) is 5.95 Å². The molecule has 0 radical (unpaired) electrons. The van der Waals surface area contributed by atoms with Crippen molar-refractivity contribution in [2.45, 2.75) is 26.3 Å². The Morgan fingerprint density at radius 1 is 1.12 bits per heavy atom. The van der Waals surface area contributed by atoms with Crippen molar-refractivity contribution in [2.24, 2.45) is 20.0 Å². The smallest absolute Gasteiger partial charge is 0.332 e. The van der Waals surface area contributed by atoms with Crippen LogP contribution in [0.2, 0.25) is 5.02 Å². The highest BCUT2D eigenvalue weighted by molar-refractivity contribution is 6.30. The first-order valence-electron chi connectivity index (χ1n) is 10.6. The van der Waals surface area contributed by atoms with Gasteiger partial charge < -0.3 is 9.64 Å². The van der Waals surface area contributed by atoms with Gasteiger partial charge in [-0.2, -0.15) is 4.98 Å². The molecule has 9 nitrogen and oxygen atoms in total.